The summed E-state index contributed by atoms with van der Waals surface area (Å²) in [6.45, 7) is 0. The third kappa shape index (κ3) is 4.43. The number of hydrogen-bond donors (Lipinski definition) is 2. The molecule has 0 radical (unpaired) electrons. The Morgan fingerprint density at radius 2 is 1.45 bits per heavy atom. The molecule has 4 aromatic rings. The lowest BCUT2D eigenvalue weighted by molar-refractivity contribution is -0.136. The highest BCUT2D eigenvalue weighted by Crippen LogP contribution is 2.30. The van der Waals surface area contributed by atoms with Gasteiger partial charge in [0, 0.05) is 10.6 Å². The van der Waals surface area contributed by atoms with E-state index in [9.17, 15) is 9.90 Å². The van der Waals surface area contributed by atoms with E-state index in [4.69, 9.17) is 16.0 Å². The van der Waals surface area contributed by atoms with Crippen LogP contribution in [0.5, 0.6) is 0 Å². The Hall–Kier alpha value is -3.67. The van der Waals surface area contributed by atoms with Crippen molar-refractivity contribution in [2.75, 3.05) is 0 Å². The molecule has 0 spiro atoms. The molecule has 0 aliphatic carbocycles. The van der Waals surface area contributed by atoms with Crippen molar-refractivity contribution in [3.63, 3.8) is 0 Å². The van der Waals surface area contributed by atoms with Gasteiger partial charge in [0.15, 0.2) is 5.60 Å². The number of benzene rings is 3. The molecule has 154 valence electrons. The molecule has 1 heterocycles. The maximum absolute atomic E-state index is 13.0. The van der Waals surface area contributed by atoms with Crippen LogP contribution in [0.2, 0.25) is 5.02 Å². The smallest absolute Gasteiger partial charge is 0.281 e. The number of nitrogens with one attached hydrogen (secondary N) is 1. The van der Waals surface area contributed by atoms with Crippen molar-refractivity contribution in [1.29, 1.82) is 0 Å². The molecule has 3 aromatic carbocycles. The SMILES string of the molecule is O=C(N/N=C/c1ccc(-c2ccc(Cl)cc2)o1)C(O)(c1ccccc1)c1ccccc1. The number of nitrogens with zero attached hydrogens (tertiary/aromatic N) is 1. The first-order chi connectivity index (χ1) is 15.1. The van der Waals surface area contributed by atoms with Gasteiger partial charge < -0.3 is 9.52 Å². The molecule has 31 heavy (non-hydrogen) atoms. The maximum Gasteiger partial charge on any atom is 0.281 e. The Bertz CT molecular complexity index is 1150. The predicted molar refractivity (Wildman–Crippen MR) is 121 cm³/mol. The number of carbonyl (C=O) groups is 1. The molecule has 0 unspecified atom stereocenters. The molecule has 0 bridgehead atoms. The van der Waals surface area contributed by atoms with Gasteiger partial charge in [-0.05, 0) is 47.5 Å². The zero-order chi connectivity index (χ0) is 21.7. The molecule has 2 N–H and O–H groups in total. The van der Waals surface area contributed by atoms with Crippen molar-refractivity contribution in [2.45, 2.75) is 5.60 Å². The fourth-order valence-electron chi connectivity index (χ4n) is 3.21. The first-order valence-corrected chi connectivity index (χ1v) is 9.98. The average molecular weight is 431 g/mol. The summed E-state index contributed by atoms with van der Waals surface area (Å²) in [5.41, 5.74) is 2.29. The Kier molecular flexibility index (Phi) is 5.98. The van der Waals surface area contributed by atoms with Gasteiger partial charge in [-0.25, -0.2) is 5.43 Å². The van der Waals surface area contributed by atoms with Gasteiger partial charge in [-0.3, -0.25) is 4.79 Å². The molecule has 1 aromatic heterocycles. The largest absolute Gasteiger partial charge is 0.455 e. The number of rotatable bonds is 6. The number of hydrazone groups is 1. The molecule has 0 saturated carbocycles. The first kappa shape index (κ1) is 20.6. The lowest BCUT2D eigenvalue weighted by Crippen LogP contribution is -2.43. The van der Waals surface area contributed by atoms with Gasteiger partial charge in [0.1, 0.15) is 11.5 Å². The van der Waals surface area contributed by atoms with E-state index < -0.39 is 11.5 Å². The van der Waals surface area contributed by atoms with Crippen LogP contribution in [0.3, 0.4) is 0 Å². The number of halogens is 1. The van der Waals surface area contributed by atoms with Gasteiger partial charge in [0.2, 0.25) is 0 Å². The summed E-state index contributed by atoms with van der Waals surface area (Å²) in [5, 5.41) is 16.0. The van der Waals surface area contributed by atoms with Gasteiger partial charge in [-0.2, -0.15) is 5.10 Å². The lowest BCUT2D eigenvalue weighted by atomic mass is 9.85. The standard InChI is InChI=1S/C25H19ClN2O3/c26-21-13-11-18(12-14-21)23-16-15-22(31-23)17-27-28-24(29)25(30,19-7-3-1-4-8-19)20-9-5-2-6-10-20/h1-17,30H,(H,28,29)/b27-17+. The second-order valence-electron chi connectivity index (χ2n) is 6.85. The number of furan rings is 1. The Morgan fingerprint density at radius 3 is 2.03 bits per heavy atom. The zero-order valence-corrected chi connectivity index (χ0v) is 17.2. The first-order valence-electron chi connectivity index (χ1n) is 9.60. The minimum absolute atomic E-state index is 0.442. The molecule has 0 atom stereocenters. The quantitative estimate of drug-likeness (QED) is 0.334. The molecule has 0 fully saturated rings. The summed E-state index contributed by atoms with van der Waals surface area (Å²) in [5.74, 6) is 0.424. The van der Waals surface area contributed by atoms with Crippen molar-refractivity contribution >= 4 is 23.7 Å². The minimum Gasteiger partial charge on any atom is -0.455 e. The monoisotopic (exact) mass is 430 g/mol. The maximum atomic E-state index is 13.0. The third-order valence-electron chi connectivity index (χ3n) is 4.83. The molecule has 0 aliphatic rings. The molecular formula is C25H19ClN2O3. The van der Waals surface area contributed by atoms with E-state index >= 15 is 0 Å². The van der Waals surface area contributed by atoms with E-state index in [-0.39, 0.29) is 0 Å². The van der Waals surface area contributed by atoms with E-state index in [0.717, 1.165) is 5.56 Å². The van der Waals surface area contributed by atoms with Crippen molar-refractivity contribution in [2.24, 2.45) is 5.10 Å². The van der Waals surface area contributed by atoms with Gasteiger partial charge in [-0.15, -0.1) is 0 Å². The van der Waals surface area contributed by atoms with Crippen LogP contribution in [-0.2, 0) is 10.4 Å². The van der Waals surface area contributed by atoms with Crippen LogP contribution in [0.4, 0.5) is 0 Å². The number of aliphatic hydroxyl groups is 1. The van der Waals surface area contributed by atoms with Gasteiger partial charge in [0.25, 0.3) is 5.91 Å². The Balaban J connectivity index is 1.54. The summed E-state index contributed by atoms with van der Waals surface area (Å²) in [4.78, 5) is 13.0. The van der Waals surface area contributed by atoms with Crippen LogP contribution in [0.25, 0.3) is 11.3 Å². The van der Waals surface area contributed by atoms with E-state index in [2.05, 4.69) is 10.5 Å². The normalized spacial score (nSPS) is 11.5. The molecule has 0 aliphatic heterocycles. The third-order valence-corrected chi connectivity index (χ3v) is 5.08. The van der Waals surface area contributed by atoms with Crippen LogP contribution in [0.15, 0.2) is 107 Å². The topological polar surface area (TPSA) is 74.8 Å². The highest BCUT2D eigenvalue weighted by atomic mass is 35.5. The number of hydrogen-bond acceptors (Lipinski definition) is 4. The Labute approximate surface area is 184 Å². The predicted octanol–water partition coefficient (Wildman–Crippen LogP) is 4.99. The molecule has 5 nitrogen and oxygen atoms in total. The van der Waals surface area contributed by atoms with Crippen molar-refractivity contribution in [1.82, 2.24) is 5.43 Å². The van der Waals surface area contributed by atoms with E-state index in [1.54, 1.807) is 72.8 Å². The highest BCUT2D eigenvalue weighted by Gasteiger charge is 2.39. The van der Waals surface area contributed by atoms with Gasteiger partial charge in [-0.1, -0.05) is 72.3 Å². The van der Waals surface area contributed by atoms with Crippen molar-refractivity contribution < 1.29 is 14.3 Å². The molecule has 4 rings (SSSR count). The molecule has 6 heteroatoms. The zero-order valence-electron chi connectivity index (χ0n) is 16.4. The van der Waals surface area contributed by atoms with Crippen molar-refractivity contribution in [3.05, 3.63) is 119 Å². The van der Waals surface area contributed by atoms with Crippen LogP contribution < -0.4 is 5.43 Å². The summed E-state index contributed by atoms with van der Waals surface area (Å²) < 4.78 is 5.74. The van der Waals surface area contributed by atoms with E-state index in [1.807, 2.05) is 24.3 Å². The number of carbonyl (C=O) groups excluding carboxylic acids is 1. The van der Waals surface area contributed by atoms with E-state index in [0.29, 0.717) is 27.7 Å². The molecular weight excluding hydrogens is 412 g/mol. The minimum atomic E-state index is -1.89. The van der Waals surface area contributed by atoms with Crippen molar-refractivity contribution in [3.8, 4) is 11.3 Å². The number of amides is 1. The average Bonchev–Trinajstić information content (AvgIpc) is 3.29. The summed E-state index contributed by atoms with van der Waals surface area (Å²) in [6.07, 6.45) is 1.38. The summed E-state index contributed by atoms with van der Waals surface area (Å²) >= 11 is 5.92. The van der Waals surface area contributed by atoms with Gasteiger partial charge >= 0.3 is 0 Å². The van der Waals surface area contributed by atoms with E-state index in [1.165, 1.54) is 6.21 Å². The van der Waals surface area contributed by atoms with Crippen LogP contribution in [0, 0.1) is 0 Å². The molecule has 1 amide bonds. The second-order valence-corrected chi connectivity index (χ2v) is 7.29. The van der Waals surface area contributed by atoms with Gasteiger partial charge in [0.05, 0.1) is 6.21 Å². The fraction of sp³-hybridized carbons (Fsp3) is 0.0400. The lowest BCUT2D eigenvalue weighted by Gasteiger charge is -2.26. The van der Waals surface area contributed by atoms with Crippen LogP contribution >= 0.6 is 11.6 Å². The molecule has 0 saturated heterocycles. The fourth-order valence-corrected chi connectivity index (χ4v) is 3.34. The summed E-state index contributed by atoms with van der Waals surface area (Å²) in [6, 6.07) is 28.3. The van der Waals surface area contributed by atoms with Crippen LogP contribution in [0.1, 0.15) is 16.9 Å². The Morgan fingerprint density at radius 1 is 0.871 bits per heavy atom. The van der Waals surface area contributed by atoms with Crippen LogP contribution in [-0.4, -0.2) is 17.2 Å². The summed E-state index contributed by atoms with van der Waals surface area (Å²) in [7, 11) is 0. The highest BCUT2D eigenvalue weighted by molar-refractivity contribution is 6.30. The second kappa shape index (κ2) is 9.00.